The van der Waals surface area contributed by atoms with Crippen molar-refractivity contribution in [3.63, 3.8) is 0 Å². The summed E-state index contributed by atoms with van der Waals surface area (Å²) in [6, 6.07) is 0.536. The second kappa shape index (κ2) is 5.36. The molecule has 2 aliphatic heterocycles. The van der Waals surface area contributed by atoms with Gasteiger partial charge in [-0.25, -0.2) is 0 Å². The minimum atomic E-state index is 0.0758. The van der Waals surface area contributed by atoms with Crippen molar-refractivity contribution >= 4 is 5.91 Å². The van der Waals surface area contributed by atoms with Gasteiger partial charge in [0.2, 0.25) is 5.91 Å². The number of nitrogens with zero attached hydrogens (tertiary/aromatic N) is 2. The molecule has 17 heavy (non-hydrogen) atoms. The highest BCUT2D eigenvalue weighted by molar-refractivity contribution is 5.84. The van der Waals surface area contributed by atoms with Crippen LogP contribution in [0.15, 0.2) is 0 Å². The Kier molecular flexibility index (Phi) is 4.05. The van der Waals surface area contributed by atoms with Gasteiger partial charge in [-0.05, 0) is 38.9 Å². The third kappa shape index (κ3) is 2.63. The lowest BCUT2D eigenvalue weighted by Crippen LogP contribution is -2.51. The van der Waals surface area contributed by atoms with Crippen LogP contribution in [-0.2, 0) is 4.79 Å². The molecule has 0 spiro atoms. The predicted molar refractivity (Wildman–Crippen MR) is 68.9 cm³/mol. The van der Waals surface area contributed by atoms with E-state index in [-0.39, 0.29) is 6.04 Å². The van der Waals surface area contributed by atoms with Crippen LogP contribution in [0.2, 0.25) is 0 Å². The maximum atomic E-state index is 12.3. The van der Waals surface area contributed by atoms with E-state index in [2.05, 4.69) is 36.0 Å². The third-order valence-corrected chi connectivity index (χ3v) is 4.15. The number of likely N-dealkylation sites (N-methyl/N-ethyl adjacent to an activating group) is 1. The zero-order valence-corrected chi connectivity index (χ0v) is 11.3. The number of amides is 1. The third-order valence-electron chi connectivity index (χ3n) is 4.15. The van der Waals surface area contributed by atoms with Gasteiger partial charge in [0.1, 0.15) is 0 Å². The summed E-state index contributed by atoms with van der Waals surface area (Å²) < 4.78 is 0. The van der Waals surface area contributed by atoms with Crippen LogP contribution in [0.3, 0.4) is 0 Å². The van der Waals surface area contributed by atoms with E-state index in [1.54, 1.807) is 0 Å². The van der Waals surface area contributed by atoms with E-state index in [1.807, 2.05) is 0 Å². The standard InChI is InChI=1S/C13H25N3O/c1-4-14-11-5-8-16(13(11)17)12-6-7-15(3)9-10(12)2/h10-12,14H,4-9H2,1-3H3. The SMILES string of the molecule is CCNC1CCN(C2CCN(C)CC2C)C1=O. The Labute approximate surface area is 104 Å². The smallest absolute Gasteiger partial charge is 0.240 e. The normalized spacial score (nSPS) is 35.6. The fourth-order valence-corrected chi connectivity index (χ4v) is 3.27. The molecular weight excluding hydrogens is 214 g/mol. The molecule has 0 radical (unpaired) electrons. The second-order valence-electron chi connectivity index (χ2n) is 5.53. The molecule has 0 aliphatic carbocycles. The molecule has 98 valence electrons. The summed E-state index contributed by atoms with van der Waals surface area (Å²) in [6.45, 7) is 8.38. The number of hydrogen-bond acceptors (Lipinski definition) is 3. The lowest BCUT2D eigenvalue weighted by atomic mass is 9.93. The first-order valence-electron chi connectivity index (χ1n) is 6.86. The molecule has 2 aliphatic rings. The van der Waals surface area contributed by atoms with Crippen LogP contribution in [0.5, 0.6) is 0 Å². The molecule has 1 amide bonds. The molecule has 4 nitrogen and oxygen atoms in total. The summed E-state index contributed by atoms with van der Waals surface area (Å²) >= 11 is 0. The van der Waals surface area contributed by atoms with Crippen LogP contribution in [0.1, 0.15) is 26.7 Å². The quantitative estimate of drug-likeness (QED) is 0.781. The Hall–Kier alpha value is -0.610. The zero-order valence-electron chi connectivity index (χ0n) is 11.3. The highest BCUT2D eigenvalue weighted by Crippen LogP contribution is 2.25. The lowest BCUT2D eigenvalue weighted by molar-refractivity contribution is -0.133. The zero-order chi connectivity index (χ0) is 12.4. The fraction of sp³-hybridized carbons (Fsp3) is 0.923. The van der Waals surface area contributed by atoms with Gasteiger partial charge in [-0.2, -0.15) is 0 Å². The molecule has 2 heterocycles. The highest BCUT2D eigenvalue weighted by atomic mass is 16.2. The molecule has 2 saturated heterocycles. The van der Waals surface area contributed by atoms with Gasteiger partial charge < -0.3 is 15.1 Å². The highest BCUT2D eigenvalue weighted by Gasteiger charge is 2.38. The fourth-order valence-electron chi connectivity index (χ4n) is 3.27. The van der Waals surface area contributed by atoms with E-state index in [0.717, 1.165) is 39.0 Å². The first-order chi connectivity index (χ1) is 8.13. The summed E-state index contributed by atoms with van der Waals surface area (Å²) in [5.41, 5.74) is 0. The van der Waals surface area contributed by atoms with Gasteiger partial charge in [-0.15, -0.1) is 0 Å². The van der Waals surface area contributed by atoms with Crippen molar-refractivity contribution in [1.29, 1.82) is 0 Å². The summed E-state index contributed by atoms with van der Waals surface area (Å²) in [7, 11) is 2.17. The van der Waals surface area contributed by atoms with Crippen LogP contribution >= 0.6 is 0 Å². The molecule has 4 heteroatoms. The molecule has 1 N–H and O–H groups in total. The van der Waals surface area contributed by atoms with Crippen molar-refractivity contribution in [3.8, 4) is 0 Å². The molecular formula is C13H25N3O. The van der Waals surface area contributed by atoms with Gasteiger partial charge in [-0.1, -0.05) is 13.8 Å². The van der Waals surface area contributed by atoms with Gasteiger partial charge in [-0.3, -0.25) is 4.79 Å². The first kappa shape index (κ1) is 12.8. The van der Waals surface area contributed by atoms with Gasteiger partial charge in [0.05, 0.1) is 6.04 Å². The van der Waals surface area contributed by atoms with Crippen molar-refractivity contribution in [1.82, 2.24) is 15.1 Å². The molecule has 2 rings (SSSR count). The van der Waals surface area contributed by atoms with E-state index < -0.39 is 0 Å². The Morgan fingerprint density at radius 1 is 1.35 bits per heavy atom. The van der Waals surface area contributed by atoms with E-state index in [4.69, 9.17) is 0 Å². The van der Waals surface area contributed by atoms with Crippen molar-refractivity contribution in [2.24, 2.45) is 5.92 Å². The molecule has 0 aromatic rings. The first-order valence-corrected chi connectivity index (χ1v) is 6.86. The molecule has 3 atom stereocenters. The van der Waals surface area contributed by atoms with Gasteiger partial charge in [0.15, 0.2) is 0 Å². The summed E-state index contributed by atoms with van der Waals surface area (Å²) in [5.74, 6) is 0.923. The summed E-state index contributed by atoms with van der Waals surface area (Å²) in [4.78, 5) is 16.8. The maximum absolute atomic E-state index is 12.3. The number of rotatable bonds is 3. The van der Waals surface area contributed by atoms with Crippen molar-refractivity contribution < 1.29 is 4.79 Å². The monoisotopic (exact) mass is 239 g/mol. The molecule has 0 bridgehead atoms. The van der Waals surface area contributed by atoms with E-state index in [0.29, 0.717) is 17.9 Å². The lowest BCUT2D eigenvalue weighted by Gasteiger charge is -2.40. The Bertz CT molecular complexity index is 282. The van der Waals surface area contributed by atoms with Crippen LogP contribution in [0, 0.1) is 5.92 Å². The van der Waals surface area contributed by atoms with Gasteiger partial charge >= 0.3 is 0 Å². The van der Waals surface area contributed by atoms with Crippen LogP contribution < -0.4 is 5.32 Å². The van der Waals surface area contributed by atoms with Crippen LogP contribution in [0.25, 0.3) is 0 Å². The number of carbonyl (C=O) groups is 1. The molecule has 0 aromatic heterocycles. The molecule has 0 saturated carbocycles. The van der Waals surface area contributed by atoms with Crippen molar-refractivity contribution in [2.75, 3.05) is 33.2 Å². The Balaban J connectivity index is 1.97. The number of likely N-dealkylation sites (tertiary alicyclic amines) is 2. The summed E-state index contributed by atoms with van der Waals surface area (Å²) in [6.07, 6.45) is 2.11. The summed E-state index contributed by atoms with van der Waals surface area (Å²) in [5, 5.41) is 3.29. The minimum Gasteiger partial charge on any atom is -0.338 e. The predicted octanol–water partition coefficient (Wildman–Crippen LogP) is 0.537. The van der Waals surface area contributed by atoms with Crippen molar-refractivity contribution in [3.05, 3.63) is 0 Å². The second-order valence-corrected chi connectivity index (χ2v) is 5.53. The van der Waals surface area contributed by atoms with Gasteiger partial charge in [0, 0.05) is 19.1 Å². The Morgan fingerprint density at radius 3 is 2.76 bits per heavy atom. The number of piperidine rings is 1. The average molecular weight is 239 g/mol. The molecule has 2 fully saturated rings. The van der Waals surface area contributed by atoms with E-state index in [9.17, 15) is 4.79 Å². The molecule has 3 unspecified atom stereocenters. The minimum absolute atomic E-state index is 0.0758. The average Bonchev–Trinajstić information content (AvgIpc) is 2.62. The largest absolute Gasteiger partial charge is 0.338 e. The Morgan fingerprint density at radius 2 is 2.12 bits per heavy atom. The number of hydrogen-bond donors (Lipinski definition) is 1. The van der Waals surface area contributed by atoms with E-state index in [1.165, 1.54) is 0 Å². The molecule has 0 aromatic carbocycles. The number of carbonyl (C=O) groups excluding carboxylic acids is 1. The number of nitrogens with one attached hydrogen (secondary N) is 1. The van der Waals surface area contributed by atoms with Crippen LogP contribution in [-0.4, -0.2) is 61.0 Å². The van der Waals surface area contributed by atoms with Crippen molar-refractivity contribution in [2.45, 2.75) is 38.8 Å². The van der Waals surface area contributed by atoms with Crippen LogP contribution in [0.4, 0.5) is 0 Å². The van der Waals surface area contributed by atoms with E-state index >= 15 is 0 Å². The topological polar surface area (TPSA) is 35.6 Å². The maximum Gasteiger partial charge on any atom is 0.240 e. The van der Waals surface area contributed by atoms with Gasteiger partial charge in [0.25, 0.3) is 0 Å².